The van der Waals surface area contributed by atoms with E-state index >= 15 is 0 Å². The predicted molar refractivity (Wildman–Crippen MR) is 78.5 cm³/mol. The van der Waals surface area contributed by atoms with Crippen molar-refractivity contribution in [3.63, 3.8) is 0 Å². The van der Waals surface area contributed by atoms with Crippen molar-refractivity contribution in [2.24, 2.45) is 11.1 Å². The summed E-state index contributed by atoms with van der Waals surface area (Å²) >= 11 is 5.58. The summed E-state index contributed by atoms with van der Waals surface area (Å²) in [4.78, 5) is 13.6. The molecule has 6 heteroatoms. The normalized spacial score (nSPS) is 10.8. The van der Waals surface area contributed by atoms with E-state index in [0.717, 1.165) is 6.07 Å². The van der Waals surface area contributed by atoms with Crippen LogP contribution in [0.25, 0.3) is 0 Å². The van der Waals surface area contributed by atoms with E-state index in [4.69, 9.17) is 17.3 Å². The molecule has 0 atom stereocenters. The van der Waals surface area contributed by atoms with E-state index in [1.54, 1.807) is 7.05 Å². The second kappa shape index (κ2) is 7.08. The molecule has 1 aromatic carbocycles. The van der Waals surface area contributed by atoms with E-state index in [2.05, 4.69) is 0 Å². The molecule has 0 aliphatic carbocycles. The lowest BCUT2D eigenvalue weighted by molar-refractivity contribution is 0.0740. The highest BCUT2D eigenvalue weighted by molar-refractivity contribution is 6.30. The number of rotatable bonds is 4. The fourth-order valence-electron chi connectivity index (χ4n) is 1.63. The molecule has 0 aliphatic rings. The fourth-order valence-corrected chi connectivity index (χ4v) is 1.75. The van der Waals surface area contributed by atoms with Crippen LogP contribution in [0.5, 0.6) is 0 Å². The molecule has 0 heterocycles. The number of halogens is 3. The van der Waals surface area contributed by atoms with Crippen molar-refractivity contribution in [1.82, 2.24) is 4.90 Å². The van der Waals surface area contributed by atoms with Crippen LogP contribution in [0.2, 0.25) is 5.02 Å². The van der Waals surface area contributed by atoms with Crippen molar-refractivity contribution in [3.8, 4) is 0 Å². The Morgan fingerprint density at radius 2 is 2.05 bits per heavy atom. The molecule has 0 saturated heterocycles. The number of hydrogen-bond donors (Lipinski definition) is 1. The Morgan fingerprint density at radius 3 is 2.53 bits per heavy atom. The summed E-state index contributed by atoms with van der Waals surface area (Å²) in [7, 11) is 1.67. The van der Waals surface area contributed by atoms with Crippen molar-refractivity contribution < 1.29 is 9.18 Å². The second-order valence-electron chi connectivity index (χ2n) is 5.16. The maximum atomic E-state index is 13.3. The van der Waals surface area contributed by atoms with Gasteiger partial charge in [0.2, 0.25) is 0 Å². The third kappa shape index (κ3) is 4.97. The van der Waals surface area contributed by atoms with Crippen molar-refractivity contribution >= 4 is 29.9 Å². The van der Waals surface area contributed by atoms with Crippen LogP contribution in [0.1, 0.15) is 24.2 Å². The summed E-state index contributed by atoms with van der Waals surface area (Å²) in [5.74, 6) is -0.832. The van der Waals surface area contributed by atoms with Crippen LogP contribution in [0.4, 0.5) is 4.39 Å². The molecule has 108 valence electrons. The van der Waals surface area contributed by atoms with Gasteiger partial charge in [0.25, 0.3) is 5.91 Å². The van der Waals surface area contributed by atoms with Crippen LogP contribution in [0.3, 0.4) is 0 Å². The molecule has 0 unspecified atom stereocenters. The van der Waals surface area contributed by atoms with Gasteiger partial charge >= 0.3 is 0 Å². The topological polar surface area (TPSA) is 46.3 Å². The number of hydrogen-bond acceptors (Lipinski definition) is 2. The zero-order valence-electron chi connectivity index (χ0n) is 11.2. The van der Waals surface area contributed by atoms with Gasteiger partial charge in [0, 0.05) is 19.2 Å². The fraction of sp³-hybridized carbons (Fsp3) is 0.462. The highest BCUT2D eigenvalue weighted by atomic mass is 35.5. The Bertz CT molecular complexity index is 452. The second-order valence-corrected chi connectivity index (χ2v) is 5.57. The smallest absolute Gasteiger partial charge is 0.253 e. The highest BCUT2D eigenvalue weighted by Crippen LogP contribution is 2.19. The summed E-state index contributed by atoms with van der Waals surface area (Å²) in [5, 5.41) is 0.0106. The first-order chi connectivity index (χ1) is 8.26. The van der Waals surface area contributed by atoms with E-state index in [9.17, 15) is 9.18 Å². The quantitative estimate of drug-likeness (QED) is 0.929. The summed E-state index contributed by atoms with van der Waals surface area (Å²) in [6.07, 6.45) is 0. The van der Waals surface area contributed by atoms with Gasteiger partial charge in [-0.25, -0.2) is 4.39 Å². The average Bonchev–Trinajstić information content (AvgIpc) is 2.31. The van der Waals surface area contributed by atoms with Gasteiger partial charge in [-0.15, -0.1) is 12.4 Å². The lowest BCUT2D eigenvalue weighted by atomic mass is 9.93. The van der Waals surface area contributed by atoms with Crippen LogP contribution in [0.15, 0.2) is 18.2 Å². The van der Waals surface area contributed by atoms with Crippen LogP contribution in [0, 0.1) is 11.2 Å². The number of carbonyl (C=O) groups excluding carboxylic acids is 1. The molecular weight excluding hydrogens is 290 g/mol. The van der Waals surface area contributed by atoms with E-state index < -0.39 is 5.82 Å². The number of nitrogens with zero attached hydrogens (tertiary/aromatic N) is 1. The highest BCUT2D eigenvalue weighted by Gasteiger charge is 2.22. The maximum Gasteiger partial charge on any atom is 0.253 e. The summed E-state index contributed by atoms with van der Waals surface area (Å²) in [5.41, 5.74) is 5.74. The molecule has 1 rings (SSSR count). The SMILES string of the molecule is CN(CC(C)(C)CN)C(=O)c1ccc(Cl)c(F)c1.Cl. The number of carbonyl (C=O) groups is 1. The largest absolute Gasteiger partial charge is 0.341 e. The standard InChI is InChI=1S/C13H18ClFN2O.ClH/c1-13(2,7-16)8-17(3)12(18)9-4-5-10(14)11(15)6-9;/h4-6H,7-8,16H2,1-3H3;1H. The Morgan fingerprint density at radius 1 is 1.47 bits per heavy atom. The number of amides is 1. The lowest BCUT2D eigenvalue weighted by Crippen LogP contribution is -2.39. The molecule has 1 amide bonds. The van der Waals surface area contributed by atoms with Crippen LogP contribution >= 0.6 is 24.0 Å². The van der Waals surface area contributed by atoms with E-state index in [1.807, 2.05) is 13.8 Å². The average molecular weight is 309 g/mol. The minimum atomic E-state index is -0.589. The Hall–Kier alpha value is -0.840. The Kier molecular flexibility index (Phi) is 6.77. The van der Waals surface area contributed by atoms with Gasteiger partial charge in [0.05, 0.1) is 5.02 Å². The number of benzene rings is 1. The van der Waals surface area contributed by atoms with E-state index in [1.165, 1.54) is 17.0 Å². The molecule has 0 saturated carbocycles. The van der Waals surface area contributed by atoms with Gasteiger partial charge in [-0.1, -0.05) is 25.4 Å². The Balaban J connectivity index is 0.00000324. The van der Waals surface area contributed by atoms with Gasteiger partial charge in [0.15, 0.2) is 0 Å². The monoisotopic (exact) mass is 308 g/mol. The maximum absolute atomic E-state index is 13.3. The predicted octanol–water partition coefficient (Wildman–Crippen LogP) is 2.96. The van der Waals surface area contributed by atoms with Gasteiger partial charge in [0.1, 0.15) is 5.82 Å². The molecule has 0 spiro atoms. The molecule has 0 aromatic heterocycles. The van der Waals surface area contributed by atoms with Crippen LogP contribution < -0.4 is 5.73 Å². The zero-order chi connectivity index (χ0) is 13.9. The van der Waals surface area contributed by atoms with Crippen molar-refractivity contribution in [3.05, 3.63) is 34.6 Å². The van der Waals surface area contributed by atoms with E-state index in [0.29, 0.717) is 13.1 Å². The van der Waals surface area contributed by atoms with Gasteiger partial charge < -0.3 is 10.6 Å². The minimum absolute atomic E-state index is 0. The van der Waals surface area contributed by atoms with Crippen molar-refractivity contribution in [2.75, 3.05) is 20.1 Å². The summed E-state index contributed by atoms with van der Waals surface area (Å²) in [6.45, 7) is 4.92. The first-order valence-electron chi connectivity index (χ1n) is 5.67. The third-order valence-electron chi connectivity index (χ3n) is 2.73. The molecule has 3 nitrogen and oxygen atoms in total. The van der Waals surface area contributed by atoms with E-state index in [-0.39, 0.29) is 34.3 Å². The molecule has 0 fully saturated rings. The molecule has 0 bridgehead atoms. The van der Waals surface area contributed by atoms with Crippen LogP contribution in [-0.4, -0.2) is 30.9 Å². The molecule has 0 radical (unpaired) electrons. The van der Waals surface area contributed by atoms with Crippen molar-refractivity contribution in [1.29, 1.82) is 0 Å². The summed E-state index contributed by atoms with van der Waals surface area (Å²) in [6, 6.07) is 4.04. The summed E-state index contributed by atoms with van der Waals surface area (Å²) < 4.78 is 13.3. The van der Waals surface area contributed by atoms with Gasteiger partial charge in [-0.05, 0) is 30.2 Å². The molecule has 2 N–H and O–H groups in total. The Labute approximate surface area is 124 Å². The molecule has 0 aliphatic heterocycles. The first kappa shape index (κ1) is 18.2. The third-order valence-corrected chi connectivity index (χ3v) is 3.04. The first-order valence-corrected chi connectivity index (χ1v) is 6.05. The number of nitrogens with two attached hydrogens (primary N) is 1. The molecule has 19 heavy (non-hydrogen) atoms. The van der Waals surface area contributed by atoms with Gasteiger partial charge in [-0.3, -0.25) is 4.79 Å². The van der Waals surface area contributed by atoms with Crippen LogP contribution in [-0.2, 0) is 0 Å². The van der Waals surface area contributed by atoms with Gasteiger partial charge in [-0.2, -0.15) is 0 Å². The lowest BCUT2D eigenvalue weighted by Gasteiger charge is -2.29. The van der Waals surface area contributed by atoms with Crippen molar-refractivity contribution in [2.45, 2.75) is 13.8 Å². The molecule has 1 aromatic rings. The zero-order valence-corrected chi connectivity index (χ0v) is 12.8. The molecular formula is C13H19Cl2FN2O. The minimum Gasteiger partial charge on any atom is -0.341 e.